The third-order valence-electron chi connectivity index (χ3n) is 2.18. The lowest BCUT2D eigenvalue weighted by Gasteiger charge is -2.28. The van der Waals surface area contributed by atoms with Crippen LogP contribution in [0, 0.1) is 5.41 Å². The summed E-state index contributed by atoms with van der Waals surface area (Å²) in [5.74, 6) is 0. The molecule has 2 nitrogen and oxygen atoms in total. The van der Waals surface area contributed by atoms with Gasteiger partial charge in [-0.05, 0) is 11.4 Å². The van der Waals surface area contributed by atoms with Gasteiger partial charge in [0.1, 0.15) is 0 Å². The summed E-state index contributed by atoms with van der Waals surface area (Å²) in [6, 6.07) is 1.62. The number of hydrogen-bond acceptors (Lipinski definition) is 3. The number of rotatable bonds is 3. The van der Waals surface area contributed by atoms with Crippen molar-refractivity contribution in [3.63, 3.8) is 0 Å². The first-order chi connectivity index (χ1) is 5.99. The molecule has 0 amide bonds. The Hall–Kier alpha value is 0.200. The Morgan fingerprint density at radius 3 is 2.57 bits per heavy atom. The second-order valence-electron chi connectivity index (χ2n) is 3.76. The van der Waals surface area contributed by atoms with Gasteiger partial charge >= 0.3 is 0 Å². The van der Waals surface area contributed by atoms with Gasteiger partial charge in [-0.15, -0.1) is 23.7 Å². The highest BCUT2D eigenvalue weighted by molar-refractivity contribution is 7.10. The normalized spacial score (nSPS) is 13.5. The molecule has 14 heavy (non-hydrogen) atoms. The van der Waals surface area contributed by atoms with Crippen molar-refractivity contribution >= 4 is 35.3 Å². The molecule has 0 radical (unpaired) electrons. The minimum absolute atomic E-state index is 0. The van der Waals surface area contributed by atoms with E-state index in [-0.39, 0.29) is 30.5 Å². The molecule has 0 aliphatic heterocycles. The van der Waals surface area contributed by atoms with Gasteiger partial charge in [0.05, 0.1) is 11.6 Å². The first kappa shape index (κ1) is 14.2. The second kappa shape index (κ2) is 5.33. The maximum atomic E-state index is 9.14. The predicted octanol–water partition coefficient (Wildman–Crippen LogP) is 2.84. The first-order valence-corrected chi connectivity index (χ1v) is 5.34. The zero-order valence-electron chi connectivity index (χ0n) is 8.16. The largest absolute Gasteiger partial charge is 0.396 e. The number of aliphatic hydroxyl groups excluding tert-OH is 1. The summed E-state index contributed by atoms with van der Waals surface area (Å²) in [5.41, 5.74) is 5.67. The molecule has 0 aliphatic rings. The molecular weight excluding hydrogens is 241 g/mol. The van der Waals surface area contributed by atoms with Crippen LogP contribution in [0.4, 0.5) is 0 Å². The Morgan fingerprint density at radius 1 is 1.64 bits per heavy atom. The highest BCUT2D eigenvalue weighted by atomic mass is 35.5. The van der Waals surface area contributed by atoms with Crippen molar-refractivity contribution in [2.45, 2.75) is 19.9 Å². The standard InChI is InChI=1S/C9H14ClNOS.ClH/c1-9(2,5-12)8(11)7-6(10)3-4-13-7;/h3-4,8,12H,5,11H2,1-2H3;1H/t8-;/m0./s1. The van der Waals surface area contributed by atoms with Gasteiger partial charge in [-0.2, -0.15) is 0 Å². The van der Waals surface area contributed by atoms with Gasteiger partial charge in [-0.25, -0.2) is 0 Å². The molecule has 82 valence electrons. The Labute approximate surface area is 99.5 Å². The molecule has 1 aromatic rings. The third kappa shape index (κ3) is 2.84. The Kier molecular flexibility index (Phi) is 5.41. The molecular formula is C9H15Cl2NOS. The number of hydrogen-bond donors (Lipinski definition) is 2. The van der Waals surface area contributed by atoms with Crippen molar-refractivity contribution in [1.82, 2.24) is 0 Å². The van der Waals surface area contributed by atoms with Crippen LogP contribution in [0.1, 0.15) is 24.8 Å². The van der Waals surface area contributed by atoms with E-state index in [4.69, 9.17) is 22.4 Å². The van der Waals surface area contributed by atoms with E-state index >= 15 is 0 Å². The molecule has 0 saturated heterocycles. The minimum Gasteiger partial charge on any atom is -0.396 e. The van der Waals surface area contributed by atoms with E-state index in [2.05, 4.69) is 0 Å². The second-order valence-corrected chi connectivity index (χ2v) is 5.11. The summed E-state index contributed by atoms with van der Waals surface area (Å²) < 4.78 is 0. The van der Waals surface area contributed by atoms with Crippen LogP contribution in [0.15, 0.2) is 11.4 Å². The Balaban J connectivity index is 0.00000169. The summed E-state index contributed by atoms with van der Waals surface area (Å²) in [6.07, 6.45) is 0. The van der Waals surface area contributed by atoms with E-state index in [1.807, 2.05) is 25.3 Å². The van der Waals surface area contributed by atoms with E-state index in [9.17, 15) is 0 Å². The van der Waals surface area contributed by atoms with Gasteiger partial charge in [0.2, 0.25) is 0 Å². The van der Waals surface area contributed by atoms with E-state index < -0.39 is 0 Å². The highest BCUT2D eigenvalue weighted by Gasteiger charge is 2.29. The van der Waals surface area contributed by atoms with Gasteiger partial charge in [-0.3, -0.25) is 0 Å². The van der Waals surface area contributed by atoms with Gasteiger partial charge < -0.3 is 10.8 Å². The monoisotopic (exact) mass is 255 g/mol. The number of aliphatic hydroxyl groups is 1. The van der Waals surface area contributed by atoms with Crippen LogP contribution in [-0.2, 0) is 0 Å². The van der Waals surface area contributed by atoms with Crippen molar-refractivity contribution in [1.29, 1.82) is 0 Å². The molecule has 1 rings (SSSR count). The molecule has 3 N–H and O–H groups in total. The predicted molar refractivity (Wildman–Crippen MR) is 64.4 cm³/mol. The molecule has 0 aliphatic carbocycles. The van der Waals surface area contributed by atoms with Crippen LogP contribution in [0.25, 0.3) is 0 Å². The van der Waals surface area contributed by atoms with Crippen LogP contribution >= 0.6 is 35.3 Å². The molecule has 1 atom stereocenters. The van der Waals surface area contributed by atoms with Crippen molar-refractivity contribution in [3.05, 3.63) is 21.3 Å². The van der Waals surface area contributed by atoms with Gasteiger partial charge in [0.15, 0.2) is 0 Å². The number of halogens is 2. The number of nitrogens with two attached hydrogens (primary N) is 1. The molecule has 0 aromatic carbocycles. The highest BCUT2D eigenvalue weighted by Crippen LogP contribution is 2.37. The quantitative estimate of drug-likeness (QED) is 0.873. The summed E-state index contributed by atoms with van der Waals surface area (Å²) in [5, 5.41) is 11.7. The van der Waals surface area contributed by atoms with Crippen LogP contribution in [0.2, 0.25) is 5.02 Å². The van der Waals surface area contributed by atoms with Crippen LogP contribution in [0.5, 0.6) is 0 Å². The number of thiophene rings is 1. The lowest BCUT2D eigenvalue weighted by atomic mass is 9.85. The lowest BCUT2D eigenvalue weighted by molar-refractivity contribution is 0.133. The van der Waals surface area contributed by atoms with Gasteiger partial charge in [0.25, 0.3) is 0 Å². The summed E-state index contributed by atoms with van der Waals surface area (Å²) in [4.78, 5) is 0.945. The fourth-order valence-corrected chi connectivity index (χ4v) is 2.37. The fraction of sp³-hybridized carbons (Fsp3) is 0.556. The smallest absolute Gasteiger partial charge is 0.0561 e. The maximum Gasteiger partial charge on any atom is 0.0561 e. The molecule has 0 unspecified atom stereocenters. The van der Waals surface area contributed by atoms with Crippen LogP contribution in [-0.4, -0.2) is 11.7 Å². The van der Waals surface area contributed by atoms with Crippen LogP contribution < -0.4 is 5.73 Å². The fourth-order valence-electron chi connectivity index (χ4n) is 0.981. The first-order valence-electron chi connectivity index (χ1n) is 4.08. The van der Waals surface area contributed by atoms with Gasteiger partial charge in [-0.1, -0.05) is 25.4 Å². The molecule has 1 heterocycles. The Morgan fingerprint density at radius 2 is 2.21 bits per heavy atom. The molecule has 5 heteroatoms. The van der Waals surface area contributed by atoms with Crippen molar-refractivity contribution < 1.29 is 5.11 Å². The molecule has 0 bridgehead atoms. The summed E-state index contributed by atoms with van der Waals surface area (Å²) in [6.45, 7) is 3.91. The summed E-state index contributed by atoms with van der Waals surface area (Å²) >= 11 is 7.48. The molecule has 0 saturated carbocycles. The van der Waals surface area contributed by atoms with E-state index in [0.29, 0.717) is 5.02 Å². The topological polar surface area (TPSA) is 46.2 Å². The maximum absolute atomic E-state index is 9.14. The van der Waals surface area contributed by atoms with Crippen molar-refractivity contribution in [2.75, 3.05) is 6.61 Å². The SMILES string of the molecule is CC(C)(CO)[C@@H](N)c1sccc1Cl.Cl. The van der Waals surface area contributed by atoms with Crippen molar-refractivity contribution in [3.8, 4) is 0 Å². The van der Waals surface area contributed by atoms with Crippen LogP contribution in [0.3, 0.4) is 0 Å². The zero-order chi connectivity index (χ0) is 10.1. The molecule has 0 spiro atoms. The van der Waals surface area contributed by atoms with Gasteiger partial charge in [0, 0.05) is 16.3 Å². The average molecular weight is 256 g/mol. The summed E-state index contributed by atoms with van der Waals surface area (Å²) in [7, 11) is 0. The van der Waals surface area contributed by atoms with E-state index in [0.717, 1.165) is 4.88 Å². The van der Waals surface area contributed by atoms with E-state index in [1.165, 1.54) is 11.3 Å². The van der Waals surface area contributed by atoms with Crippen molar-refractivity contribution in [2.24, 2.45) is 11.1 Å². The molecule has 1 aromatic heterocycles. The van der Waals surface area contributed by atoms with E-state index in [1.54, 1.807) is 0 Å². The average Bonchev–Trinajstić information content (AvgIpc) is 2.50. The Bertz CT molecular complexity index is 288. The lowest BCUT2D eigenvalue weighted by Crippen LogP contribution is -2.31. The zero-order valence-corrected chi connectivity index (χ0v) is 10.5. The molecule has 0 fully saturated rings. The minimum atomic E-state index is -0.325. The third-order valence-corrected chi connectivity index (χ3v) is 3.62.